The molecule has 3 aromatic rings. The molecule has 1 fully saturated rings. The molecule has 10 heteroatoms. The van der Waals surface area contributed by atoms with Crippen LogP contribution in [0.1, 0.15) is 0 Å². The number of anilines is 1. The lowest BCUT2D eigenvalue weighted by atomic mass is 10.0. The molecule has 0 bridgehead atoms. The van der Waals surface area contributed by atoms with E-state index in [4.69, 9.17) is 16.3 Å². The quantitative estimate of drug-likeness (QED) is 0.624. The number of hydrogen-bond donors (Lipinski definition) is 1. The summed E-state index contributed by atoms with van der Waals surface area (Å²) in [7, 11) is 3.10. The molecular formula is C20H17ClN4O4S. The third kappa shape index (κ3) is 3.94. The van der Waals surface area contributed by atoms with E-state index >= 15 is 0 Å². The zero-order valence-electron chi connectivity index (χ0n) is 16.1. The Kier molecular flexibility index (Phi) is 5.31. The number of amides is 3. The highest BCUT2D eigenvalue weighted by Gasteiger charge is 2.42. The molecule has 154 valence electrons. The summed E-state index contributed by atoms with van der Waals surface area (Å²) in [6, 6.07) is 12.0. The molecule has 8 nitrogen and oxygen atoms in total. The number of ether oxygens (including phenoxy) is 1. The topological polar surface area (TPSA) is 91.8 Å². The molecule has 0 spiro atoms. The van der Waals surface area contributed by atoms with E-state index < -0.39 is 23.6 Å². The van der Waals surface area contributed by atoms with Crippen molar-refractivity contribution in [1.29, 1.82) is 0 Å². The molecule has 0 unspecified atom stereocenters. The largest absolute Gasteiger partial charge is 0.431 e. The summed E-state index contributed by atoms with van der Waals surface area (Å²) in [5.74, 6) is -2.57. The van der Waals surface area contributed by atoms with E-state index in [1.807, 2.05) is 12.1 Å². The van der Waals surface area contributed by atoms with Crippen molar-refractivity contribution in [3.05, 3.63) is 47.5 Å². The highest BCUT2D eigenvalue weighted by Crippen LogP contribution is 2.33. The predicted octanol–water partition coefficient (Wildman–Crippen LogP) is 3.18. The van der Waals surface area contributed by atoms with Crippen LogP contribution in [0, 0.1) is 5.92 Å². The summed E-state index contributed by atoms with van der Waals surface area (Å²) in [5.41, 5.74) is 1.24. The maximum absolute atomic E-state index is 12.5. The van der Waals surface area contributed by atoms with E-state index in [1.54, 1.807) is 44.4 Å². The highest BCUT2D eigenvalue weighted by molar-refractivity contribution is 7.20. The first-order valence-corrected chi connectivity index (χ1v) is 10.2. The molecule has 0 saturated carbocycles. The minimum atomic E-state index is -1.39. The van der Waals surface area contributed by atoms with Crippen molar-refractivity contribution in [2.75, 3.05) is 26.1 Å². The molecular weight excluding hydrogens is 428 g/mol. The number of aromatic nitrogens is 1. The van der Waals surface area contributed by atoms with E-state index in [2.05, 4.69) is 10.3 Å². The Bertz CT molecular complexity index is 1130. The van der Waals surface area contributed by atoms with Gasteiger partial charge in [0, 0.05) is 24.8 Å². The van der Waals surface area contributed by atoms with Crippen LogP contribution in [0.15, 0.2) is 42.5 Å². The first-order valence-electron chi connectivity index (χ1n) is 8.96. The van der Waals surface area contributed by atoms with Gasteiger partial charge in [0.25, 0.3) is 5.19 Å². The molecule has 0 radical (unpaired) electrons. The Morgan fingerprint density at radius 3 is 2.47 bits per heavy atom. The fourth-order valence-electron chi connectivity index (χ4n) is 3.07. The number of halogens is 1. The zero-order valence-corrected chi connectivity index (χ0v) is 17.7. The van der Waals surface area contributed by atoms with Crippen molar-refractivity contribution in [2.24, 2.45) is 5.92 Å². The molecule has 1 aromatic heterocycles. The Hall–Kier alpha value is -3.17. The molecule has 2 heterocycles. The molecule has 3 amide bonds. The summed E-state index contributed by atoms with van der Waals surface area (Å²) in [4.78, 5) is 44.1. The standard InChI is InChI=1S/C20H17ClN4O4S/c1-24-10-25(2)19(28)16(18(24)27)17(26)22-12-4-6-13(7-5-12)29-20-23-14-8-3-11(21)9-15(14)30-20/h3-9,16H,10H2,1-2H3,(H,22,26). The lowest BCUT2D eigenvalue weighted by Crippen LogP contribution is -2.57. The normalized spacial score (nSPS) is 15.0. The lowest BCUT2D eigenvalue weighted by Gasteiger charge is -2.34. The van der Waals surface area contributed by atoms with Crippen molar-refractivity contribution in [3.8, 4) is 10.9 Å². The number of hydrogen-bond acceptors (Lipinski definition) is 6. The van der Waals surface area contributed by atoms with E-state index in [-0.39, 0.29) is 6.67 Å². The molecule has 0 atom stereocenters. The van der Waals surface area contributed by atoms with Gasteiger partial charge in [-0.15, -0.1) is 0 Å². The van der Waals surface area contributed by atoms with Crippen molar-refractivity contribution in [1.82, 2.24) is 14.8 Å². The van der Waals surface area contributed by atoms with Crippen molar-refractivity contribution in [3.63, 3.8) is 0 Å². The van der Waals surface area contributed by atoms with Gasteiger partial charge in [0.1, 0.15) is 5.75 Å². The van der Waals surface area contributed by atoms with Crippen LogP contribution in [0.5, 0.6) is 10.9 Å². The fraction of sp³-hybridized carbons (Fsp3) is 0.200. The number of carbonyl (C=O) groups excluding carboxylic acids is 3. The number of thiazole rings is 1. The maximum atomic E-state index is 12.5. The second-order valence-corrected chi connectivity index (χ2v) is 8.28. The summed E-state index contributed by atoms with van der Waals surface area (Å²) >= 11 is 7.36. The molecule has 0 aliphatic carbocycles. The second-order valence-electron chi connectivity index (χ2n) is 6.85. The SMILES string of the molecule is CN1CN(C)C(=O)C(C(=O)Nc2ccc(Oc3nc4ccc(Cl)cc4s3)cc2)C1=O. The predicted molar refractivity (Wildman–Crippen MR) is 114 cm³/mol. The molecule has 1 aliphatic heterocycles. The monoisotopic (exact) mass is 444 g/mol. The molecule has 1 saturated heterocycles. The van der Waals surface area contributed by atoms with Gasteiger partial charge in [-0.25, -0.2) is 4.98 Å². The van der Waals surface area contributed by atoms with Crippen molar-refractivity contribution >= 4 is 56.6 Å². The van der Waals surface area contributed by atoms with Crippen LogP contribution in [0.3, 0.4) is 0 Å². The van der Waals surface area contributed by atoms with Gasteiger partial charge in [-0.2, -0.15) is 0 Å². The van der Waals surface area contributed by atoms with Gasteiger partial charge < -0.3 is 19.9 Å². The Morgan fingerprint density at radius 2 is 1.80 bits per heavy atom. The van der Waals surface area contributed by atoms with Gasteiger partial charge in [-0.3, -0.25) is 14.4 Å². The van der Waals surface area contributed by atoms with Crippen molar-refractivity contribution in [2.45, 2.75) is 0 Å². The molecule has 1 N–H and O–H groups in total. The van der Waals surface area contributed by atoms with E-state index in [1.165, 1.54) is 21.1 Å². The van der Waals surface area contributed by atoms with E-state index in [0.717, 1.165) is 10.2 Å². The number of carbonyl (C=O) groups is 3. The number of nitrogens with zero attached hydrogens (tertiary/aromatic N) is 3. The number of nitrogens with one attached hydrogen (secondary N) is 1. The number of fused-ring (bicyclic) bond motifs is 1. The fourth-order valence-corrected chi connectivity index (χ4v) is 4.18. The summed E-state index contributed by atoms with van der Waals surface area (Å²) in [6.45, 7) is 0.158. The van der Waals surface area contributed by atoms with Crippen LogP contribution in [0.2, 0.25) is 5.02 Å². The van der Waals surface area contributed by atoms with Gasteiger partial charge in [0.2, 0.25) is 17.7 Å². The second kappa shape index (κ2) is 7.92. The van der Waals surface area contributed by atoms with Gasteiger partial charge in [-0.05, 0) is 42.5 Å². The zero-order chi connectivity index (χ0) is 21.4. The first kappa shape index (κ1) is 20.1. The van der Waals surface area contributed by atoms with Crippen LogP contribution in [-0.2, 0) is 14.4 Å². The number of rotatable bonds is 4. The number of benzene rings is 2. The average Bonchev–Trinajstić information content (AvgIpc) is 3.09. The van der Waals surface area contributed by atoms with Crippen LogP contribution in [-0.4, -0.2) is 53.3 Å². The smallest absolute Gasteiger partial charge is 0.279 e. The Balaban J connectivity index is 1.44. The van der Waals surface area contributed by atoms with Crippen LogP contribution in [0.4, 0.5) is 5.69 Å². The third-order valence-electron chi connectivity index (χ3n) is 4.59. The van der Waals surface area contributed by atoms with Crippen LogP contribution < -0.4 is 10.1 Å². The molecule has 2 aromatic carbocycles. The third-order valence-corrected chi connectivity index (χ3v) is 5.72. The lowest BCUT2D eigenvalue weighted by molar-refractivity contribution is -0.158. The van der Waals surface area contributed by atoms with Gasteiger partial charge >= 0.3 is 0 Å². The van der Waals surface area contributed by atoms with Crippen LogP contribution >= 0.6 is 22.9 Å². The van der Waals surface area contributed by atoms with Gasteiger partial charge in [-0.1, -0.05) is 22.9 Å². The highest BCUT2D eigenvalue weighted by atomic mass is 35.5. The minimum Gasteiger partial charge on any atom is -0.431 e. The average molecular weight is 445 g/mol. The molecule has 4 rings (SSSR count). The van der Waals surface area contributed by atoms with Gasteiger partial charge in [0.15, 0.2) is 5.92 Å². The summed E-state index contributed by atoms with van der Waals surface area (Å²) < 4.78 is 6.69. The molecule has 1 aliphatic rings. The van der Waals surface area contributed by atoms with Crippen molar-refractivity contribution < 1.29 is 19.1 Å². The Labute approximate surface area is 181 Å². The molecule has 30 heavy (non-hydrogen) atoms. The minimum absolute atomic E-state index is 0.158. The van der Waals surface area contributed by atoms with E-state index in [0.29, 0.717) is 21.7 Å². The Morgan fingerprint density at radius 1 is 1.13 bits per heavy atom. The van der Waals surface area contributed by atoms with E-state index in [9.17, 15) is 14.4 Å². The summed E-state index contributed by atoms with van der Waals surface area (Å²) in [6.07, 6.45) is 0. The van der Waals surface area contributed by atoms with Crippen LogP contribution in [0.25, 0.3) is 10.2 Å². The summed E-state index contributed by atoms with van der Waals surface area (Å²) in [5, 5.41) is 3.71. The first-order chi connectivity index (χ1) is 14.3. The maximum Gasteiger partial charge on any atom is 0.279 e. The van der Waals surface area contributed by atoms with Gasteiger partial charge in [0.05, 0.1) is 16.9 Å².